The molecule has 1 amide bonds. The maximum Gasteiger partial charge on any atom is 0.275 e. The van der Waals surface area contributed by atoms with Crippen LogP contribution in [0.4, 0.5) is 11.4 Å². The second-order valence-corrected chi connectivity index (χ2v) is 5.30. The van der Waals surface area contributed by atoms with Gasteiger partial charge in [-0.15, -0.1) is 0 Å². The maximum absolute atomic E-state index is 12.0. The summed E-state index contributed by atoms with van der Waals surface area (Å²) >= 11 is 6.09. The first kappa shape index (κ1) is 12.9. The SMILES string of the molecule is Cc1ccc2c(c1)C(=Nc1ccc(C)c(Cl)c1)C(=O)N2. The van der Waals surface area contributed by atoms with Crippen molar-refractivity contribution in [1.29, 1.82) is 0 Å². The Balaban J connectivity index is 2.10. The van der Waals surface area contributed by atoms with Crippen LogP contribution in [0.25, 0.3) is 0 Å². The Labute approximate surface area is 122 Å². The number of amides is 1. The number of fused-ring (bicyclic) bond motifs is 1. The Hall–Kier alpha value is -2.13. The lowest BCUT2D eigenvalue weighted by molar-refractivity contribution is -0.110. The average Bonchev–Trinajstić information content (AvgIpc) is 2.70. The van der Waals surface area contributed by atoms with Crippen molar-refractivity contribution in [2.24, 2.45) is 4.99 Å². The van der Waals surface area contributed by atoms with Crippen LogP contribution in [0.3, 0.4) is 0 Å². The molecule has 1 aliphatic rings. The first-order valence-electron chi connectivity index (χ1n) is 6.32. The van der Waals surface area contributed by atoms with E-state index in [0.717, 1.165) is 22.4 Å². The number of carbonyl (C=O) groups is 1. The zero-order valence-electron chi connectivity index (χ0n) is 11.2. The highest BCUT2D eigenvalue weighted by Gasteiger charge is 2.25. The van der Waals surface area contributed by atoms with Gasteiger partial charge in [0.2, 0.25) is 0 Å². The summed E-state index contributed by atoms with van der Waals surface area (Å²) in [7, 11) is 0. The molecule has 3 nitrogen and oxygen atoms in total. The Morgan fingerprint density at radius 2 is 1.90 bits per heavy atom. The quantitative estimate of drug-likeness (QED) is 0.844. The second kappa shape index (κ2) is 4.76. The molecule has 0 aliphatic carbocycles. The summed E-state index contributed by atoms with van der Waals surface area (Å²) in [6.45, 7) is 3.92. The van der Waals surface area contributed by atoms with E-state index in [0.29, 0.717) is 16.4 Å². The molecule has 100 valence electrons. The van der Waals surface area contributed by atoms with Crippen molar-refractivity contribution in [3.8, 4) is 0 Å². The van der Waals surface area contributed by atoms with Gasteiger partial charge in [0.15, 0.2) is 0 Å². The van der Waals surface area contributed by atoms with Gasteiger partial charge in [0, 0.05) is 10.6 Å². The van der Waals surface area contributed by atoms with E-state index < -0.39 is 0 Å². The molecule has 0 saturated carbocycles. The fraction of sp³-hybridized carbons (Fsp3) is 0.125. The lowest BCUT2D eigenvalue weighted by Gasteiger charge is -2.01. The molecule has 0 saturated heterocycles. The van der Waals surface area contributed by atoms with E-state index >= 15 is 0 Å². The second-order valence-electron chi connectivity index (χ2n) is 4.90. The van der Waals surface area contributed by atoms with Crippen LogP contribution in [0.5, 0.6) is 0 Å². The molecule has 0 fully saturated rings. The zero-order chi connectivity index (χ0) is 14.3. The predicted octanol–water partition coefficient (Wildman–Crippen LogP) is 4.03. The molecule has 1 N–H and O–H groups in total. The minimum Gasteiger partial charge on any atom is -0.320 e. The molecule has 3 rings (SSSR count). The average molecular weight is 285 g/mol. The summed E-state index contributed by atoms with van der Waals surface area (Å²) in [5.41, 5.74) is 4.84. The van der Waals surface area contributed by atoms with Gasteiger partial charge >= 0.3 is 0 Å². The third kappa shape index (κ3) is 2.21. The number of aryl methyl sites for hydroxylation is 2. The topological polar surface area (TPSA) is 41.5 Å². The molecule has 0 atom stereocenters. The maximum atomic E-state index is 12.0. The minimum atomic E-state index is -0.178. The fourth-order valence-corrected chi connectivity index (χ4v) is 2.33. The number of benzene rings is 2. The van der Waals surface area contributed by atoms with Gasteiger partial charge in [0.25, 0.3) is 5.91 Å². The third-order valence-corrected chi connectivity index (χ3v) is 3.70. The van der Waals surface area contributed by atoms with Crippen molar-refractivity contribution >= 4 is 34.6 Å². The van der Waals surface area contributed by atoms with E-state index in [1.54, 1.807) is 6.07 Å². The van der Waals surface area contributed by atoms with Crippen molar-refractivity contribution in [1.82, 2.24) is 0 Å². The third-order valence-electron chi connectivity index (χ3n) is 3.29. The molecule has 0 spiro atoms. The van der Waals surface area contributed by atoms with Crippen LogP contribution < -0.4 is 5.32 Å². The first-order chi connectivity index (χ1) is 9.54. The van der Waals surface area contributed by atoms with Crippen LogP contribution in [-0.2, 0) is 4.79 Å². The van der Waals surface area contributed by atoms with Crippen LogP contribution in [0, 0.1) is 13.8 Å². The van der Waals surface area contributed by atoms with Crippen molar-refractivity contribution in [2.75, 3.05) is 5.32 Å². The number of rotatable bonds is 1. The van der Waals surface area contributed by atoms with Gasteiger partial charge in [-0.1, -0.05) is 29.3 Å². The summed E-state index contributed by atoms with van der Waals surface area (Å²) in [4.78, 5) is 16.5. The number of carbonyl (C=O) groups excluding carboxylic acids is 1. The summed E-state index contributed by atoms with van der Waals surface area (Å²) < 4.78 is 0. The number of nitrogens with zero attached hydrogens (tertiary/aromatic N) is 1. The highest BCUT2D eigenvalue weighted by atomic mass is 35.5. The minimum absolute atomic E-state index is 0.178. The summed E-state index contributed by atoms with van der Waals surface area (Å²) in [6.07, 6.45) is 0. The lowest BCUT2D eigenvalue weighted by atomic mass is 10.1. The molecule has 0 unspecified atom stereocenters. The molecule has 2 aromatic rings. The molecule has 4 heteroatoms. The number of halogens is 1. The van der Waals surface area contributed by atoms with Crippen LogP contribution >= 0.6 is 11.6 Å². The van der Waals surface area contributed by atoms with Gasteiger partial charge in [0.1, 0.15) is 5.71 Å². The van der Waals surface area contributed by atoms with E-state index in [2.05, 4.69) is 10.3 Å². The van der Waals surface area contributed by atoms with Gasteiger partial charge < -0.3 is 5.32 Å². The molecule has 1 heterocycles. The molecule has 0 radical (unpaired) electrons. The molecule has 0 bridgehead atoms. The van der Waals surface area contributed by atoms with Gasteiger partial charge in [-0.2, -0.15) is 0 Å². The Morgan fingerprint density at radius 3 is 2.65 bits per heavy atom. The molecular formula is C16H13ClN2O. The summed E-state index contributed by atoms with van der Waals surface area (Å²) in [5.74, 6) is -0.178. The lowest BCUT2D eigenvalue weighted by Crippen LogP contribution is -2.13. The van der Waals surface area contributed by atoms with Gasteiger partial charge in [-0.25, -0.2) is 4.99 Å². The van der Waals surface area contributed by atoms with E-state index in [1.807, 2.05) is 44.2 Å². The first-order valence-corrected chi connectivity index (χ1v) is 6.69. The van der Waals surface area contributed by atoms with Crippen LogP contribution in [-0.4, -0.2) is 11.6 Å². The molecule has 0 aromatic heterocycles. The Kier molecular flexibility index (Phi) is 3.07. The van der Waals surface area contributed by atoms with Crippen molar-refractivity contribution in [3.63, 3.8) is 0 Å². The molecule has 1 aliphatic heterocycles. The molecule has 20 heavy (non-hydrogen) atoms. The van der Waals surface area contributed by atoms with Crippen molar-refractivity contribution < 1.29 is 4.79 Å². The Morgan fingerprint density at radius 1 is 1.10 bits per heavy atom. The van der Waals surface area contributed by atoms with Gasteiger partial charge in [-0.3, -0.25) is 4.79 Å². The van der Waals surface area contributed by atoms with E-state index in [1.165, 1.54) is 0 Å². The zero-order valence-corrected chi connectivity index (χ0v) is 12.0. The predicted molar refractivity (Wildman–Crippen MR) is 82.2 cm³/mol. The van der Waals surface area contributed by atoms with Crippen molar-refractivity contribution in [3.05, 3.63) is 58.1 Å². The smallest absolute Gasteiger partial charge is 0.275 e. The normalized spacial score (nSPS) is 15.3. The van der Waals surface area contributed by atoms with E-state index in [-0.39, 0.29) is 5.91 Å². The van der Waals surface area contributed by atoms with Gasteiger partial charge in [-0.05, 0) is 43.7 Å². The molecule has 2 aromatic carbocycles. The standard InChI is InChI=1S/C16H13ClN2O/c1-9-3-6-14-12(7-9)15(16(20)19-14)18-11-5-4-10(2)13(17)8-11/h3-8H,1-2H3,(H,18,19,20). The largest absolute Gasteiger partial charge is 0.320 e. The van der Waals surface area contributed by atoms with Crippen LogP contribution in [0.2, 0.25) is 5.02 Å². The van der Waals surface area contributed by atoms with E-state index in [9.17, 15) is 4.79 Å². The number of aliphatic imine (C=N–C) groups is 1. The number of anilines is 1. The highest BCUT2D eigenvalue weighted by molar-refractivity contribution is 6.54. The van der Waals surface area contributed by atoms with Gasteiger partial charge in [0.05, 0.1) is 11.4 Å². The van der Waals surface area contributed by atoms with Crippen molar-refractivity contribution in [2.45, 2.75) is 13.8 Å². The number of nitrogens with one attached hydrogen (secondary N) is 1. The summed E-state index contributed by atoms with van der Waals surface area (Å²) in [5, 5.41) is 3.47. The summed E-state index contributed by atoms with van der Waals surface area (Å²) in [6, 6.07) is 11.3. The van der Waals surface area contributed by atoms with Crippen LogP contribution in [0.15, 0.2) is 41.4 Å². The monoisotopic (exact) mass is 284 g/mol. The number of hydrogen-bond donors (Lipinski definition) is 1. The molecular weight excluding hydrogens is 272 g/mol. The fourth-order valence-electron chi connectivity index (χ4n) is 2.16. The Bertz CT molecular complexity index is 750. The van der Waals surface area contributed by atoms with E-state index in [4.69, 9.17) is 11.6 Å². The number of hydrogen-bond acceptors (Lipinski definition) is 2. The highest BCUT2D eigenvalue weighted by Crippen LogP contribution is 2.28. The van der Waals surface area contributed by atoms with Crippen LogP contribution in [0.1, 0.15) is 16.7 Å².